The average molecular weight is 168 g/mol. The minimum absolute atomic E-state index is 0.380. The molecule has 0 saturated carbocycles. The van der Waals surface area contributed by atoms with E-state index in [1.807, 2.05) is 17.1 Å². The Morgan fingerprint density at radius 2 is 2.67 bits per heavy atom. The van der Waals surface area contributed by atoms with Crippen LogP contribution in [0.5, 0.6) is 0 Å². The van der Waals surface area contributed by atoms with Crippen molar-refractivity contribution in [3.63, 3.8) is 0 Å². The highest BCUT2D eigenvalue weighted by Gasteiger charge is 2.18. The van der Waals surface area contributed by atoms with E-state index in [1.165, 1.54) is 6.42 Å². The van der Waals surface area contributed by atoms with Gasteiger partial charge in [-0.15, -0.1) is 0 Å². The fourth-order valence-electron chi connectivity index (χ4n) is 1.54. The van der Waals surface area contributed by atoms with Crippen molar-refractivity contribution in [2.45, 2.75) is 25.5 Å². The van der Waals surface area contributed by atoms with Crippen LogP contribution < -0.4 is 10.3 Å². The van der Waals surface area contributed by atoms with Crippen molar-refractivity contribution >= 4 is 5.82 Å². The molecule has 0 aliphatic carbocycles. The van der Waals surface area contributed by atoms with Gasteiger partial charge in [-0.25, -0.2) is 9.55 Å². The summed E-state index contributed by atoms with van der Waals surface area (Å²) in [5.41, 5.74) is 5.54. The Morgan fingerprint density at radius 1 is 1.75 bits per heavy atom. The first kappa shape index (κ1) is 7.61. The van der Waals surface area contributed by atoms with Crippen molar-refractivity contribution in [3.05, 3.63) is 12.5 Å². The van der Waals surface area contributed by atoms with Crippen LogP contribution >= 0.6 is 0 Å². The molecule has 1 aromatic heterocycles. The zero-order chi connectivity index (χ0) is 8.39. The van der Waals surface area contributed by atoms with Gasteiger partial charge in [0, 0.05) is 6.61 Å². The van der Waals surface area contributed by atoms with Crippen molar-refractivity contribution in [2.75, 3.05) is 12.3 Å². The molecule has 1 fully saturated rings. The van der Waals surface area contributed by atoms with Crippen LogP contribution in [0.15, 0.2) is 12.5 Å². The molecule has 2 heterocycles. The maximum Gasteiger partial charge on any atom is 0.243 e. The second-order valence-electron chi connectivity index (χ2n) is 3.19. The van der Waals surface area contributed by atoms with E-state index in [9.17, 15) is 0 Å². The van der Waals surface area contributed by atoms with Gasteiger partial charge in [-0.3, -0.25) is 0 Å². The monoisotopic (exact) mass is 168 g/mol. The van der Waals surface area contributed by atoms with Crippen LogP contribution in [-0.2, 0) is 11.3 Å². The lowest BCUT2D eigenvalue weighted by Gasteiger charge is -2.04. The molecule has 2 rings (SSSR count). The van der Waals surface area contributed by atoms with Crippen LogP contribution in [0.3, 0.4) is 0 Å². The lowest BCUT2D eigenvalue weighted by atomic mass is 10.2. The highest BCUT2D eigenvalue weighted by atomic mass is 16.5. The molecule has 4 heteroatoms. The van der Waals surface area contributed by atoms with Crippen molar-refractivity contribution in [1.29, 1.82) is 0 Å². The van der Waals surface area contributed by atoms with Crippen LogP contribution in [-0.4, -0.2) is 17.7 Å². The van der Waals surface area contributed by atoms with E-state index in [2.05, 4.69) is 4.98 Å². The van der Waals surface area contributed by atoms with Gasteiger partial charge in [-0.1, -0.05) is 0 Å². The van der Waals surface area contributed by atoms with E-state index >= 15 is 0 Å². The molecule has 0 bridgehead atoms. The molecular weight excluding hydrogens is 154 g/mol. The summed E-state index contributed by atoms with van der Waals surface area (Å²) < 4.78 is 7.52. The van der Waals surface area contributed by atoms with Gasteiger partial charge in [0.05, 0.1) is 6.10 Å². The molecule has 12 heavy (non-hydrogen) atoms. The molecule has 1 atom stereocenters. The third-order valence-electron chi connectivity index (χ3n) is 2.14. The smallest absolute Gasteiger partial charge is 0.243 e. The summed E-state index contributed by atoms with van der Waals surface area (Å²) in [5.74, 6) is 0.702. The van der Waals surface area contributed by atoms with E-state index < -0.39 is 0 Å². The molecule has 0 aromatic carbocycles. The third kappa shape index (κ3) is 1.58. The fourth-order valence-corrected chi connectivity index (χ4v) is 1.54. The van der Waals surface area contributed by atoms with Gasteiger partial charge < -0.3 is 10.5 Å². The highest BCUT2D eigenvalue weighted by Crippen LogP contribution is 2.11. The zero-order valence-corrected chi connectivity index (χ0v) is 6.99. The van der Waals surface area contributed by atoms with E-state index in [0.717, 1.165) is 19.6 Å². The van der Waals surface area contributed by atoms with Gasteiger partial charge in [0.25, 0.3) is 0 Å². The second kappa shape index (κ2) is 3.15. The summed E-state index contributed by atoms with van der Waals surface area (Å²) >= 11 is 0. The predicted molar refractivity (Wildman–Crippen MR) is 44.4 cm³/mol. The highest BCUT2D eigenvalue weighted by molar-refractivity contribution is 5.18. The molecule has 66 valence electrons. The first-order chi connectivity index (χ1) is 5.84. The first-order valence-electron chi connectivity index (χ1n) is 4.29. The Balaban J connectivity index is 1.94. The molecule has 4 nitrogen and oxygen atoms in total. The number of H-pyrrole nitrogens is 1. The Kier molecular flexibility index (Phi) is 1.99. The molecule has 1 unspecified atom stereocenters. The number of hydrogen-bond donors (Lipinski definition) is 2. The van der Waals surface area contributed by atoms with Gasteiger partial charge in [-0.2, -0.15) is 0 Å². The minimum Gasteiger partial charge on any atom is -0.374 e. The third-order valence-corrected chi connectivity index (χ3v) is 2.14. The number of rotatable bonds is 2. The zero-order valence-electron chi connectivity index (χ0n) is 6.99. The van der Waals surface area contributed by atoms with Gasteiger partial charge in [0.15, 0.2) is 6.20 Å². The summed E-state index contributed by atoms with van der Waals surface area (Å²) in [6.07, 6.45) is 6.49. The summed E-state index contributed by atoms with van der Waals surface area (Å²) in [6.45, 7) is 1.82. The quantitative estimate of drug-likeness (QED) is 0.614. The number of anilines is 1. The van der Waals surface area contributed by atoms with E-state index in [0.29, 0.717) is 11.9 Å². The Hall–Kier alpha value is -1.03. The molecule has 0 amide bonds. The van der Waals surface area contributed by atoms with Crippen LogP contribution in [0, 0.1) is 0 Å². The number of imidazole rings is 1. The summed E-state index contributed by atoms with van der Waals surface area (Å²) in [6, 6.07) is 0. The number of aromatic nitrogens is 2. The number of nitrogen functional groups attached to an aromatic ring is 1. The second-order valence-corrected chi connectivity index (χ2v) is 3.19. The Morgan fingerprint density at radius 3 is 3.25 bits per heavy atom. The molecule has 1 aliphatic rings. The van der Waals surface area contributed by atoms with Crippen molar-refractivity contribution < 1.29 is 9.30 Å². The van der Waals surface area contributed by atoms with Gasteiger partial charge in [0.2, 0.25) is 12.1 Å². The number of nitrogens with one attached hydrogen (secondary N) is 1. The largest absolute Gasteiger partial charge is 0.374 e. The lowest BCUT2D eigenvalue weighted by molar-refractivity contribution is -0.701. The molecular formula is C8H14N3O+. The minimum atomic E-state index is 0.380. The Labute approximate surface area is 71.3 Å². The fraction of sp³-hybridized carbons (Fsp3) is 0.625. The number of ether oxygens (including phenoxy) is 1. The standard InChI is InChI=1S/C8H13N3O/c9-8-5-11(6-10-8)4-7-2-1-3-12-7/h5-7H,1-4,9H2/p+1. The van der Waals surface area contributed by atoms with Gasteiger partial charge in [-0.05, 0) is 12.8 Å². The molecule has 1 aliphatic heterocycles. The van der Waals surface area contributed by atoms with Gasteiger partial charge in [0.1, 0.15) is 6.54 Å². The molecule has 0 radical (unpaired) electrons. The Bertz CT molecular complexity index is 253. The number of nitrogens with zero attached hydrogens (tertiary/aromatic N) is 1. The van der Waals surface area contributed by atoms with E-state index in [1.54, 1.807) is 0 Å². The predicted octanol–water partition coefficient (Wildman–Crippen LogP) is 0.0634. The topological polar surface area (TPSA) is 54.9 Å². The van der Waals surface area contributed by atoms with Crippen LogP contribution in [0.25, 0.3) is 0 Å². The van der Waals surface area contributed by atoms with Crippen LogP contribution in [0.4, 0.5) is 5.82 Å². The summed E-state index contributed by atoms with van der Waals surface area (Å²) in [4.78, 5) is 2.93. The normalized spacial score (nSPS) is 23.2. The van der Waals surface area contributed by atoms with Crippen LogP contribution in [0.2, 0.25) is 0 Å². The maximum absolute atomic E-state index is 5.54. The maximum atomic E-state index is 5.54. The first-order valence-corrected chi connectivity index (χ1v) is 4.29. The molecule has 1 saturated heterocycles. The van der Waals surface area contributed by atoms with Crippen molar-refractivity contribution in [2.24, 2.45) is 0 Å². The molecule has 3 N–H and O–H groups in total. The van der Waals surface area contributed by atoms with E-state index in [4.69, 9.17) is 10.5 Å². The average Bonchev–Trinajstić information content (AvgIpc) is 2.63. The van der Waals surface area contributed by atoms with Crippen LogP contribution in [0.1, 0.15) is 12.8 Å². The molecule has 1 aromatic rings. The SMILES string of the molecule is Nc1c[n+](CC2CCCO2)c[nH]1. The number of nitrogens with two attached hydrogens (primary N) is 1. The number of hydrogen-bond acceptors (Lipinski definition) is 2. The number of aromatic amines is 1. The molecule has 0 spiro atoms. The van der Waals surface area contributed by atoms with Crippen molar-refractivity contribution in [1.82, 2.24) is 4.98 Å². The summed E-state index contributed by atoms with van der Waals surface area (Å²) in [5, 5.41) is 0. The van der Waals surface area contributed by atoms with Gasteiger partial charge >= 0.3 is 0 Å². The van der Waals surface area contributed by atoms with E-state index in [-0.39, 0.29) is 0 Å². The lowest BCUT2D eigenvalue weighted by Crippen LogP contribution is -2.37. The van der Waals surface area contributed by atoms with Crippen molar-refractivity contribution in [3.8, 4) is 0 Å². The summed E-state index contributed by atoms with van der Waals surface area (Å²) in [7, 11) is 0.